The summed E-state index contributed by atoms with van der Waals surface area (Å²) < 4.78 is 90.3. The second-order valence-electron chi connectivity index (χ2n) is 32.6. The molecule has 131 heavy (non-hydrogen) atoms. The van der Waals surface area contributed by atoms with E-state index in [2.05, 4.69) is 53.6 Å². The number of pyridine rings is 1. The molecule has 2 aliphatic carbocycles. The second-order valence-corrected chi connectivity index (χ2v) is 32.6. The maximum absolute atomic E-state index is 14.9. The van der Waals surface area contributed by atoms with Crippen molar-refractivity contribution < 1.29 is 69.8 Å². The predicted octanol–water partition coefficient (Wildman–Crippen LogP) is 12.8. The molecule has 2 saturated heterocycles. The lowest BCUT2D eigenvalue weighted by atomic mass is 10.0. The van der Waals surface area contributed by atoms with Crippen LogP contribution in [0.5, 0.6) is 0 Å². The van der Waals surface area contributed by atoms with Gasteiger partial charge in [0.1, 0.15) is 97.4 Å². The Morgan fingerprint density at radius 3 is 1.13 bits per heavy atom. The molecule has 2 aliphatic heterocycles. The molecule has 2 saturated carbocycles. The lowest BCUT2D eigenvalue weighted by Gasteiger charge is -2.23. The number of amides is 8. The number of nitrogens with one attached hydrogen (secondary N) is 4. The minimum Gasteiger partial charge on any atom is -0.383 e. The fourth-order valence-electron chi connectivity index (χ4n) is 16.2. The molecule has 5 aromatic heterocycles. The fraction of sp³-hybridized carbons (Fsp3) is 0.295. The van der Waals surface area contributed by atoms with Gasteiger partial charge in [0.15, 0.2) is 0 Å². The van der Waals surface area contributed by atoms with E-state index in [-0.39, 0.29) is 117 Å². The number of carbonyl (C=O) groups is 8. The zero-order valence-electron chi connectivity index (χ0n) is 72.7. The Balaban J connectivity index is 0.000000149. The number of halogens is 5. The largest absolute Gasteiger partial charge is 0.383 e. The van der Waals surface area contributed by atoms with Crippen molar-refractivity contribution in [2.45, 2.75) is 149 Å². The Kier molecular flexibility index (Phi) is 29.6. The van der Waals surface area contributed by atoms with Crippen molar-refractivity contribution in [1.82, 2.24) is 65.4 Å². The molecule has 7 aromatic carbocycles. The molecule has 4 fully saturated rings. The monoisotopic (exact) mass is 1790 g/mol. The molecule has 7 heterocycles. The standard InChI is InChI=1S/C24H24F3N5O3.C24H25F2N5O3.C24H27N5O2.C23H26N6O2/c1-12-2-3-14(25)10-16(12)24(34)30-11-17-18(26)8-13(9-19(17)27)21-20(23(29)33)22(28)32(31-21)15-4-6-35-7-5-15;1-13-4-2-3-5-16(13)24(33)29-12-17-18(25)10-14(11-19(17)26)21-20(23(28)32)22(27)31(30-21)15-6-8-34-9-7-15;1-14-5-3-4-6-19(14)24(31)27-13-16-7-9-18(10-8-16)21-20(23(26)30)22(25)29(28-21)15(2)17-11-12-17;1-14-6-2-5-9-18(14)23(31)27-13-16-11-10-15(12-26-16)20-19(22(25)30)21(24)29(28-20)17-7-3-4-8-17/h2-3,8-10,15H,4-7,11,28H2,1H3,(H2,29,33)(H,30,34);2-5,10-11,15H,6-9,12,27H2,1H3,(H2,28,32)(H,29,33);3-10,15,17H,11-13,25H2,1-2H3,(H2,26,30)(H,27,31);2,5-6,9-12,17H,3-4,7-8,13,24H2,1H3,(H2,25,30)(H,27,31). The van der Waals surface area contributed by atoms with Gasteiger partial charge in [0.2, 0.25) is 0 Å². The lowest BCUT2D eigenvalue weighted by Crippen LogP contribution is -2.25. The summed E-state index contributed by atoms with van der Waals surface area (Å²) >= 11 is 0. The summed E-state index contributed by atoms with van der Waals surface area (Å²) in [5.74, 6) is -7.40. The Labute approximate surface area is 750 Å². The fourth-order valence-corrected chi connectivity index (χ4v) is 16.2. The summed E-state index contributed by atoms with van der Waals surface area (Å²) in [6, 6.07) is 40.8. The van der Waals surface area contributed by atoms with Crippen molar-refractivity contribution in [3.8, 4) is 45.0 Å². The van der Waals surface area contributed by atoms with E-state index in [9.17, 15) is 60.3 Å². The van der Waals surface area contributed by atoms with E-state index in [1.54, 1.807) is 65.8 Å². The Hall–Kier alpha value is -14.9. The molecule has 0 radical (unpaired) electrons. The van der Waals surface area contributed by atoms with Crippen LogP contribution in [0.1, 0.15) is 223 Å². The van der Waals surface area contributed by atoms with Gasteiger partial charge in [-0.05, 0) is 186 Å². The number of aryl methyl sites for hydroxylation is 4. The third kappa shape index (κ3) is 21.6. The molecule has 31 nitrogen and oxygen atoms in total. The van der Waals surface area contributed by atoms with Crippen LogP contribution in [0.25, 0.3) is 45.0 Å². The van der Waals surface area contributed by atoms with Crippen molar-refractivity contribution in [1.29, 1.82) is 0 Å². The van der Waals surface area contributed by atoms with Gasteiger partial charge in [-0.15, -0.1) is 0 Å². The third-order valence-corrected chi connectivity index (χ3v) is 23.7. The molecule has 0 bridgehead atoms. The molecule has 20 N–H and O–H groups in total. The molecule has 12 aromatic rings. The van der Waals surface area contributed by atoms with Crippen LogP contribution in [0.3, 0.4) is 0 Å². The molecular weight excluding hydrogens is 1690 g/mol. The topological polar surface area (TPSA) is 495 Å². The van der Waals surface area contributed by atoms with Crippen LogP contribution >= 0.6 is 0 Å². The van der Waals surface area contributed by atoms with E-state index in [1.165, 1.54) is 21.5 Å². The van der Waals surface area contributed by atoms with Crippen molar-refractivity contribution in [3.05, 3.63) is 276 Å². The summed E-state index contributed by atoms with van der Waals surface area (Å²) in [6.45, 7) is 11.1. The molecule has 8 amide bonds. The van der Waals surface area contributed by atoms with Crippen LogP contribution in [0.15, 0.2) is 158 Å². The van der Waals surface area contributed by atoms with E-state index in [0.717, 1.165) is 96.7 Å². The van der Waals surface area contributed by atoms with Gasteiger partial charge in [-0.2, -0.15) is 20.4 Å². The molecule has 682 valence electrons. The zero-order chi connectivity index (χ0) is 93.8. The number of nitrogens with two attached hydrogens (primary N) is 8. The normalized spacial score (nSPS) is 14.2. The minimum absolute atomic E-state index is 0.00443. The SMILES string of the molecule is Cc1ccc(F)cc1C(=O)NCc1c(F)cc(-c2nn(C3CCOCC3)c(N)c2C(N)=O)cc1F.Cc1ccccc1C(=O)NCc1c(F)cc(-c2nn(C3CCOCC3)c(N)c2C(N)=O)cc1F.Cc1ccccc1C(=O)NCc1ccc(-c2nn(C(C)C3CC3)c(N)c2C(N)=O)cc1.Cc1ccccc1C(=O)NCc1ccc(-c2nn(C3CCCC3)c(N)c2C(N)=O)cn1. The van der Waals surface area contributed by atoms with Gasteiger partial charge >= 0.3 is 0 Å². The van der Waals surface area contributed by atoms with Crippen molar-refractivity contribution in [3.63, 3.8) is 0 Å². The molecule has 1 atom stereocenters. The number of ether oxygens (including phenoxy) is 2. The number of hydrogen-bond acceptors (Lipinski definition) is 19. The van der Waals surface area contributed by atoms with Crippen LogP contribution in [-0.2, 0) is 35.7 Å². The number of anilines is 4. The Bertz CT molecular complexity index is 6100. The van der Waals surface area contributed by atoms with Gasteiger partial charge in [0.05, 0.1) is 36.4 Å². The highest BCUT2D eigenvalue weighted by atomic mass is 19.1. The molecule has 0 spiro atoms. The molecule has 16 rings (SSSR count). The highest BCUT2D eigenvalue weighted by Gasteiger charge is 2.36. The summed E-state index contributed by atoms with van der Waals surface area (Å²) in [5, 5.41) is 28.8. The molecular formula is C95H102F5N21O10. The second kappa shape index (κ2) is 41.4. The number of hydrogen-bond donors (Lipinski definition) is 12. The van der Waals surface area contributed by atoms with Gasteiger partial charge in [0.25, 0.3) is 47.3 Å². The van der Waals surface area contributed by atoms with E-state index in [1.807, 2.05) is 86.6 Å². The number of aromatic nitrogens is 9. The van der Waals surface area contributed by atoms with Crippen LogP contribution in [0.2, 0.25) is 0 Å². The van der Waals surface area contributed by atoms with E-state index >= 15 is 0 Å². The summed E-state index contributed by atoms with van der Waals surface area (Å²) in [6.07, 6.45) is 10.6. The first-order chi connectivity index (χ1) is 62.8. The third-order valence-electron chi connectivity index (χ3n) is 23.7. The van der Waals surface area contributed by atoms with Gasteiger partial charge in [0, 0.05) is 108 Å². The molecule has 4 aliphatic rings. The first-order valence-electron chi connectivity index (χ1n) is 42.7. The number of carbonyl (C=O) groups excluding carboxylic acids is 8. The average molecular weight is 1790 g/mol. The van der Waals surface area contributed by atoms with Gasteiger partial charge in [-0.1, -0.05) is 97.8 Å². The van der Waals surface area contributed by atoms with Crippen LogP contribution < -0.4 is 67.1 Å². The molecule has 1 unspecified atom stereocenters. The number of primary amides is 4. The smallest absolute Gasteiger partial charge is 0.254 e. The number of benzene rings is 7. The van der Waals surface area contributed by atoms with Crippen LogP contribution in [0, 0.1) is 62.7 Å². The van der Waals surface area contributed by atoms with Crippen molar-refractivity contribution in [2.75, 3.05) is 49.4 Å². The number of nitrogen functional groups attached to an aromatic ring is 4. The quantitative estimate of drug-likeness (QED) is 0.0236. The van der Waals surface area contributed by atoms with Crippen LogP contribution in [-0.4, -0.2) is 118 Å². The minimum atomic E-state index is -0.967. The summed E-state index contributed by atoms with van der Waals surface area (Å²) in [4.78, 5) is 102. The first kappa shape index (κ1) is 93.7. The van der Waals surface area contributed by atoms with Gasteiger partial charge in [-0.3, -0.25) is 43.3 Å². The Morgan fingerprint density at radius 1 is 0.389 bits per heavy atom. The maximum atomic E-state index is 14.9. The van der Waals surface area contributed by atoms with Gasteiger partial charge < -0.3 is 76.6 Å². The number of rotatable bonds is 25. The van der Waals surface area contributed by atoms with E-state index < -0.39 is 76.6 Å². The average Bonchev–Trinajstić information content (AvgIpc) is 1.65. The Morgan fingerprint density at radius 2 is 0.740 bits per heavy atom. The molecule has 36 heteroatoms. The van der Waals surface area contributed by atoms with E-state index in [0.29, 0.717) is 121 Å². The summed E-state index contributed by atoms with van der Waals surface area (Å²) in [7, 11) is 0. The van der Waals surface area contributed by atoms with Gasteiger partial charge in [-0.25, -0.2) is 40.7 Å². The van der Waals surface area contributed by atoms with Crippen molar-refractivity contribution in [2.24, 2.45) is 28.9 Å². The highest BCUT2D eigenvalue weighted by molar-refractivity contribution is 6.06. The summed E-state index contributed by atoms with van der Waals surface area (Å²) in [5.41, 5.74) is 55.4. The van der Waals surface area contributed by atoms with Crippen molar-refractivity contribution >= 4 is 70.5 Å². The first-order valence-corrected chi connectivity index (χ1v) is 42.7. The predicted molar refractivity (Wildman–Crippen MR) is 482 cm³/mol. The van der Waals surface area contributed by atoms with Crippen LogP contribution in [0.4, 0.5) is 45.2 Å². The highest BCUT2D eigenvalue weighted by Crippen LogP contribution is 2.43. The lowest BCUT2D eigenvalue weighted by molar-refractivity contribution is 0.0668. The zero-order valence-corrected chi connectivity index (χ0v) is 72.7. The maximum Gasteiger partial charge on any atom is 0.254 e. The number of nitrogens with zero attached hydrogens (tertiary/aromatic N) is 9. The van der Waals surface area contributed by atoms with E-state index in [4.69, 9.17) is 55.3 Å².